The minimum absolute atomic E-state index is 0.434. The number of aliphatic hydroxyl groups is 1. The lowest BCUT2D eigenvalue weighted by molar-refractivity contribution is 0.199. The van der Waals surface area contributed by atoms with E-state index in [0.29, 0.717) is 0 Å². The van der Waals surface area contributed by atoms with E-state index in [-0.39, 0.29) is 0 Å². The standard InChI is InChI=1S/C16H17O2/c1-12(17)15-7-3-13(4-8-15)11-14-5-9-16(18-2)10-6-14/h3,5-10,12,17H,11H2,1-2H3. The van der Waals surface area contributed by atoms with Gasteiger partial charge in [-0.2, -0.15) is 0 Å². The summed E-state index contributed by atoms with van der Waals surface area (Å²) in [5, 5.41) is 9.43. The summed E-state index contributed by atoms with van der Waals surface area (Å²) in [5.41, 5.74) is 3.23. The van der Waals surface area contributed by atoms with Crippen LogP contribution in [0.2, 0.25) is 0 Å². The van der Waals surface area contributed by atoms with Gasteiger partial charge in [-0.05, 0) is 54.3 Å². The molecule has 2 aromatic carbocycles. The topological polar surface area (TPSA) is 29.5 Å². The molecule has 0 bridgehead atoms. The molecule has 0 fully saturated rings. The molecule has 0 aliphatic heterocycles. The molecule has 1 atom stereocenters. The summed E-state index contributed by atoms with van der Waals surface area (Å²) in [6.45, 7) is 1.76. The molecule has 0 spiro atoms. The van der Waals surface area contributed by atoms with Gasteiger partial charge in [-0.1, -0.05) is 24.3 Å². The molecule has 0 aliphatic carbocycles. The fraction of sp³-hybridized carbons (Fsp3) is 0.250. The van der Waals surface area contributed by atoms with Crippen LogP contribution in [0.25, 0.3) is 0 Å². The normalized spacial score (nSPS) is 12.2. The van der Waals surface area contributed by atoms with Crippen molar-refractivity contribution in [2.45, 2.75) is 19.4 Å². The minimum Gasteiger partial charge on any atom is -0.497 e. The first kappa shape index (κ1) is 12.7. The van der Waals surface area contributed by atoms with Crippen LogP contribution in [0.3, 0.4) is 0 Å². The van der Waals surface area contributed by atoms with Gasteiger partial charge in [0.2, 0.25) is 0 Å². The van der Waals surface area contributed by atoms with Crippen LogP contribution in [0.1, 0.15) is 29.7 Å². The highest BCUT2D eigenvalue weighted by atomic mass is 16.5. The Kier molecular flexibility index (Phi) is 4.00. The van der Waals surface area contributed by atoms with Gasteiger partial charge in [0.25, 0.3) is 0 Å². The van der Waals surface area contributed by atoms with Crippen molar-refractivity contribution in [2.75, 3.05) is 7.11 Å². The molecule has 2 rings (SSSR count). The second kappa shape index (κ2) is 5.69. The van der Waals surface area contributed by atoms with Crippen LogP contribution >= 0.6 is 0 Å². The van der Waals surface area contributed by atoms with E-state index in [0.717, 1.165) is 23.3 Å². The summed E-state index contributed by atoms with van der Waals surface area (Å²) in [6.07, 6.45) is 0.403. The largest absolute Gasteiger partial charge is 0.497 e. The molecule has 0 amide bonds. The van der Waals surface area contributed by atoms with Gasteiger partial charge in [-0.25, -0.2) is 0 Å². The SMILES string of the molecule is COc1ccc(Cc2[c]cc(C(C)O)cc2)cc1. The zero-order chi connectivity index (χ0) is 13.0. The first-order valence-electron chi connectivity index (χ1n) is 6.00. The highest BCUT2D eigenvalue weighted by Crippen LogP contribution is 2.17. The molecule has 2 aromatic rings. The summed E-state index contributed by atoms with van der Waals surface area (Å²) in [6, 6.07) is 17.0. The predicted molar refractivity (Wildman–Crippen MR) is 71.7 cm³/mol. The van der Waals surface area contributed by atoms with Gasteiger partial charge in [0, 0.05) is 0 Å². The summed E-state index contributed by atoms with van der Waals surface area (Å²) >= 11 is 0. The second-order valence-corrected chi connectivity index (χ2v) is 4.35. The Labute approximate surface area is 108 Å². The van der Waals surface area contributed by atoms with Crippen LogP contribution in [-0.2, 0) is 6.42 Å². The van der Waals surface area contributed by atoms with E-state index < -0.39 is 6.10 Å². The van der Waals surface area contributed by atoms with Crippen molar-refractivity contribution in [1.29, 1.82) is 0 Å². The molecule has 18 heavy (non-hydrogen) atoms. The van der Waals surface area contributed by atoms with Crippen molar-refractivity contribution in [3.05, 3.63) is 65.2 Å². The lowest BCUT2D eigenvalue weighted by Gasteiger charge is -2.06. The average Bonchev–Trinajstić information content (AvgIpc) is 2.40. The molecular weight excluding hydrogens is 224 g/mol. The van der Waals surface area contributed by atoms with Crippen LogP contribution in [0, 0.1) is 6.07 Å². The number of benzene rings is 2. The van der Waals surface area contributed by atoms with Gasteiger partial charge >= 0.3 is 0 Å². The van der Waals surface area contributed by atoms with E-state index in [1.54, 1.807) is 14.0 Å². The smallest absolute Gasteiger partial charge is 0.118 e. The average molecular weight is 241 g/mol. The van der Waals surface area contributed by atoms with Crippen molar-refractivity contribution in [2.24, 2.45) is 0 Å². The van der Waals surface area contributed by atoms with Crippen LogP contribution < -0.4 is 4.74 Å². The lowest BCUT2D eigenvalue weighted by Crippen LogP contribution is -1.93. The van der Waals surface area contributed by atoms with E-state index in [1.165, 1.54) is 5.56 Å². The third-order valence-electron chi connectivity index (χ3n) is 2.94. The first-order valence-corrected chi connectivity index (χ1v) is 6.00. The van der Waals surface area contributed by atoms with Gasteiger partial charge in [0.1, 0.15) is 5.75 Å². The molecule has 0 saturated heterocycles. The zero-order valence-corrected chi connectivity index (χ0v) is 10.7. The molecule has 1 N–H and O–H groups in total. The summed E-state index contributed by atoms with van der Waals surface area (Å²) in [4.78, 5) is 0. The maximum absolute atomic E-state index is 9.43. The molecular formula is C16H17O2. The Morgan fingerprint density at radius 3 is 2.39 bits per heavy atom. The third kappa shape index (κ3) is 3.11. The van der Waals surface area contributed by atoms with Crippen molar-refractivity contribution < 1.29 is 9.84 Å². The van der Waals surface area contributed by atoms with Crippen molar-refractivity contribution in [3.8, 4) is 5.75 Å². The van der Waals surface area contributed by atoms with Gasteiger partial charge in [0.15, 0.2) is 0 Å². The van der Waals surface area contributed by atoms with E-state index in [9.17, 15) is 5.11 Å². The molecule has 0 aromatic heterocycles. The summed E-state index contributed by atoms with van der Waals surface area (Å²) in [7, 11) is 1.66. The predicted octanol–water partition coefficient (Wildman–Crippen LogP) is 3.14. The second-order valence-electron chi connectivity index (χ2n) is 4.35. The van der Waals surface area contributed by atoms with E-state index in [4.69, 9.17) is 4.74 Å². The van der Waals surface area contributed by atoms with Gasteiger partial charge in [0.05, 0.1) is 13.2 Å². The Balaban J connectivity index is 2.08. The maximum Gasteiger partial charge on any atom is 0.118 e. The van der Waals surface area contributed by atoms with Crippen molar-refractivity contribution in [1.82, 2.24) is 0 Å². The molecule has 1 unspecified atom stereocenters. The molecule has 93 valence electrons. The number of ether oxygens (including phenoxy) is 1. The Hall–Kier alpha value is -1.80. The van der Waals surface area contributed by atoms with Gasteiger partial charge in [-0.15, -0.1) is 0 Å². The number of aliphatic hydroxyl groups excluding tert-OH is 1. The molecule has 2 heteroatoms. The first-order chi connectivity index (χ1) is 8.69. The number of methoxy groups -OCH3 is 1. The summed E-state index contributed by atoms with van der Waals surface area (Å²) < 4.78 is 5.13. The fourth-order valence-corrected chi connectivity index (χ4v) is 1.80. The maximum atomic E-state index is 9.43. The number of rotatable bonds is 4. The highest BCUT2D eigenvalue weighted by molar-refractivity contribution is 5.32. The van der Waals surface area contributed by atoms with Crippen LogP contribution in [0.15, 0.2) is 42.5 Å². The monoisotopic (exact) mass is 241 g/mol. The highest BCUT2D eigenvalue weighted by Gasteiger charge is 2.01. The van der Waals surface area contributed by atoms with Crippen molar-refractivity contribution in [3.63, 3.8) is 0 Å². The van der Waals surface area contributed by atoms with Crippen LogP contribution in [0.5, 0.6) is 5.75 Å². The van der Waals surface area contributed by atoms with E-state index in [2.05, 4.69) is 18.2 Å². The Bertz CT molecular complexity index is 484. The Morgan fingerprint density at radius 2 is 1.89 bits per heavy atom. The molecule has 2 nitrogen and oxygen atoms in total. The fourth-order valence-electron chi connectivity index (χ4n) is 1.80. The van der Waals surface area contributed by atoms with Gasteiger partial charge in [-0.3, -0.25) is 0 Å². The van der Waals surface area contributed by atoms with E-state index in [1.807, 2.05) is 30.3 Å². The van der Waals surface area contributed by atoms with Crippen LogP contribution in [0.4, 0.5) is 0 Å². The molecule has 0 heterocycles. The van der Waals surface area contributed by atoms with Crippen molar-refractivity contribution >= 4 is 0 Å². The third-order valence-corrected chi connectivity index (χ3v) is 2.94. The zero-order valence-electron chi connectivity index (χ0n) is 10.7. The number of hydrogen-bond donors (Lipinski definition) is 1. The number of hydrogen-bond acceptors (Lipinski definition) is 2. The lowest BCUT2D eigenvalue weighted by atomic mass is 10.0. The molecule has 0 saturated carbocycles. The van der Waals surface area contributed by atoms with E-state index >= 15 is 0 Å². The van der Waals surface area contributed by atoms with Gasteiger partial charge < -0.3 is 9.84 Å². The molecule has 1 radical (unpaired) electrons. The minimum atomic E-state index is -0.434. The Morgan fingerprint density at radius 1 is 1.17 bits per heavy atom. The molecule has 0 aliphatic rings. The summed E-state index contributed by atoms with van der Waals surface area (Å²) in [5.74, 6) is 0.868. The quantitative estimate of drug-likeness (QED) is 0.891. The van der Waals surface area contributed by atoms with Crippen LogP contribution in [-0.4, -0.2) is 12.2 Å².